The van der Waals surface area contributed by atoms with E-state index >= 15 is 0 Å². The van der Waals surface area contributed by atoms with Gasteiger partial charge in [0.25, 0.3) is 0 Å². The van der Waals surface area contributed by atoms with Gasteiger partial charge in [-0.2, -0.15) is 0 Å². The standard InChI is InChI=1S/C14H18N2OS/c1-9(15)7-14(17)16-10(2)13-8-11-5-3-4-6-12(11)18-13/h3-6,8-10H,7,15H2,1-2H3,(H,16,17). The molecule has 0 bridgehead atoms. The van der Waals surface area contributed by atoms with Gasteiger partial charge in [0, 0.05) is 22.0 Å². The van der Waals surface area contributed by atoms with Crippen LogP contribution in [-0.2, 0) is 4.79 Å². The van der Waals surface area contributed by atoms with Gasteiger partial charge in [-0.25, -0.2) is 0 Å². The summed E-state index contributed by atoms with van der Waals surface area (Å²) in [4.78, 5) is 12.8. The van der Waals surface area contributed by atoms with Gasteiger partial charge in [-0.3, -0.25) is 4.79 Å². The lowest BCUT2D eigenvalue weighted by atomic mass is 10.2. The monoisotopic (exact) mass is 262 g/mol. The number of hydrogen-bond donors (Lipinski definition) is 2. The van der Waals surface area contributed by atoms with Crippen LogP contribution in [0.1, 0.15) is 31.2 Å². The molecule has 0 aliphatic rings. The molecule has 1 heterocycles. The highest BCUT2D eigenvalue weighted by atomic mass is 32.1. The minimum Gasteiger partial charge on any atom is -0.349 e. The molecule has 0 saturated carbocycles. The summed E-state index contributed by atoms with van der Waals surface area (Å²) in [5.74, 6) is 0.00922. The minimum absolute atomic E-state index is 0.00922. The number of carbonyl (C=O) groups excluding carboxylic acids is 1. The summed E-state index contributed by atoms with van der Waals surface area (Å²) in [5.41, 5.74) is 5.61. The van der Waals surface area contributed by atoms with Crippen LogP contribution in [0.3, 0.4) is 0 Å². The average Bonchev–Trinajstić information content (AvgIpc) is 2.71. The van der Waals surface area contributed by atoms with Crippen molar-refractivity contribution < 1.29 is 4.79 Å². The Morgan fingerprint density at radius 3 is 2.78 bits per heavy atom. The topological polar surface area (TPSA) is 55.1 Å². The number of nitrogens with two attached hydrogens (primary N) is 1. The molecule has 0 spiro atoms. The summed E-state index contributed by atoms with van der Waals surface area (Å²) in [7, 11) is 0. The summed E-state index contributed by atoms with van der Waals surface area (Å²) in [6.45, 7) is 3.84. The lowest BCUT2D eigenvalue weighted by Gasteiger charge is -2.13. The SMILES string of the molecule is CC(N)CC(=O)NC(C)c1cc2ccccc2s1. The van der Waals surface area contributed by atoms with Crippen LogP contribution in [-0.4, -0.2) is 11.9 Å². The van der Waals surface area contributed by atoms with Crippen LogP contribution in [0.5, 0.6) is 0 Å². The Balaban J connectivity index is 2.08. The highest BCUT2D eigenvalue weighted by molar-refractivity contribution is 7.19. The summed E-state index contributed by atoms with van der Waals surface area (Å²) in [6, 6.07) is 10.3. The molecule has 1 aromatic heterocycles. The third-order valence-corrected chi connectivity index (χ3v) is 4.06. The highest BCUT2D eigenvalue weighted by Gasteiger charge is 2.13. The lowest BCUT2D eigenvalue weighted by molar-refractivity contribution is -0.121. The van der Waals surface area contributed by atoms with E-state index in [9.17, 15) is 4.79 Å². The third-order valence-electron chi connectivity index (χ3n) is 2.76. The Hall–Kier alpha value is -1.39. The number of benzene rings is 1. The van der Waals surface area contributed by atoms with Gasteiger partial charge in [0.2, 0.25) is 5.91 Å². The second-order valence-electron chi connectivity index (χ2n) is 4.66. The molecule has 96 valence electrons. The van der Waals surface area contributed by atoms with Crippen LogP contribution >= 0.6 is 11.3 Å². The Morgan fingerprint density at radius 2 is 2.11 bits per heavy atom. The van der Waals surface area contributed by atoms with Crippen molar-refractivity contribution in [2.24, 2.45) is 5.73 Å². The van der Waals surface area contributed by atoms with E-state index in [1.165, 1.54) is 15.0 Å². The van der Waals surface area contributed by atoms with Crippen LogP contribution in [0.4, 0.5) is 0 Å². The van der Waals surface area contributed by atoms with Crippen molar-refractivity contribution in [2.45, 2.75) is 32.4 Å². The van der Waals surface area contributed by atoms with E-state index in [1.807, 2.05) is 26.0 Å². The smallest absolute Gasteiger partial charge is 0.222 e. The van der Waals surface area contributed by atoms with Crippen molar-refractivity contribution >= 4 is 27.3 Å². The van der Waals surface area contributed by atoms with Crippen LogP contribution < -0.4 is 11.1 Å². The second kappa shape index (κ2) is 5.50. The number of carbonyl (C=O) groups is 1. The maximum atomic E-state index is 11.7. The molecule has 3 N–H and O–H groups in total. The van der Waals surface area contributed by atoms with E-state index in [0.29, 0.717) is 6.42 Å². The minimum atomic E-state index is -0.0976. The number of rotatable bonds is 4. The summed E-state index contributed by atoms with van der Waals surface area (Å²) >= 11 is 1.72. The normalized spacial score (nSPS) is 14.4. The third kappa shape index (κ3) is 3.09. The molecular weight excluding hydrogens is 244 g/mol. The molecule has 2 unspecified atom stereocenters. The Labute approximate surface area is 111 Å². The maximum absolute atomic E-state index is 11.7. The van der Waals surface area contributed by atoms with Gasteiger partial charge in [-0.1, -0.05) is 18.2 Å². The van der Waals surface area contributed by atoms with Crippen molar-refractivity contribution in [1.29, 1.82) is 0 Å². The molecule has 2 aromatic rings. The van der Waals surface area contributed by atoms with Crippen LogP contribution in [0.25, 0.3) is 10.1 Å². The van der Waals surface area contributed by atoms with E-state index in [1.54, 1.807) is 11.3 Å². The first-order chi connectivity index (χ1) is 8.56. The molecule has 0 aliphatic carbocycles. The fourth-order valence-electron chi connectivity index (χ4n) is 1.88. The van der Waals surface area contributed by atoms with Crippen molar-refractivity contribution in [3.05, 3.63) is 35.2 Å². The van der Waals surface area contributed by atoms with E-state index in [-0.39, 0.29) is 18.0 Å². The quantitative estimate of drug-likeness (QED) is 0.890. The number of amides is 1. The predicted molar refractivity (Wildman–Crippen MR) is 76.6 cm³/mol. The van der Waals surface area contributed by atoms with Gasteiger partial charge in [-0.15, -0.1) is 11.3 Å². The Morgan fingerprint density at radius 1 is 1.39 bits per heavy atom. The van der Waals surface area contributed by atoms with E-state index < -0.39 is 0 Å². The molecule has 4 heteroatoms. The van der Waals surface area contributed by atoms with Crippen molar-refractivity contribution in [3.8, 4) is 0 Å². The molecule has 2 rings (SSSR count). The van der Waals surface area contributed by atoms with Crippen LogP contribution in [0.2, 0.25) is 0 Å². The number of thiophene rings is 1. The van der Waals surface area contributed by atoms with Gasteiger partial charge >= 0.3 is 0 Å². The first-order valence-corrected chi connectivity index (χ1v) is 6.91. The van der Waals surface area contributed by atoms with Crippen LogP contribution in [0, 0.1) is 0 Å². The number of nitrogens with one attached hydrogen (secondary N) is 1. The zero-order valence-electron chi connectivity index (χ0n) is 10.6. The van der Waals surface area contributed by atoms with E-state index in [0.717, 1.165) is 0 Å². The first-order valence-electron chi connectivity index (χ1n) is 6.09. The van der Waals surface area contributed by atoms with Gasteiger partial charge in [-0.05, 0) is 31.4 Å². The molecular formula is C14H18N2OS. The molecule has 0 saturated heterocycles. The zero-order chi connectivity index (χ0) is 13.1. The van der Waals surface area contributed by atoms with Crippen LogP contribution in [0.15, 0.2) is 30.3 Å². The maximum Gasteiger partial charge on any atom is 0.222 e. The van der Waals surface area contributed by atoms with E-state index in [2.05, 4.69) is 23.5 Å². The fraction of sp³-hybridized carbons (Fsp3) is 0.357. The summed E-state index contributed by atoms with van der Waals surface area (Å²) in [5, 5.41) is 4.21. The number of hydrogen-bond acceptors (Lipinski definition) is 3. The van der Waals surface area contributed by atoms with Gasteiger partial charge in [0.05, 0.1) is 6.04 Å². The Kier molecular flexibility index (Phi) is 3.99. The summed E-state index contributed by atoms with van der Waals surface area (Å²) in [6.07, 6.45) is 0.370. The highest BCUT2D eigenvalue weighted by Crippen LogP contribution is 2.29. The van der Waals surface area contributed by atoms with Crippen molar-refractivity contribution in [2.75, 3.05) is 0 Å². The largest absolute Gasteiger partial charge is 0.349 e. The predicted octanol–water partition coefficient (Wildman–Crippen LogP) is 2.82. The van der Waals surface area contributed by atoms with Gasteiger partial charge in [0.1, 0.15) is 0 Å². The molecule has 0 fully saturated rings. The van der Waals surface area contributed by atoms with Crippen molar-refractivity contribution in [1.82, 2.24) is 5.32 Å². The average molecular weight is 262 g/mol. The molecule has 18 heavy (non-hydrogen) atoms. The van der Waals surface area contributed by atoms with Gasteiger partial charge in [0.15, 0.2) is 0 Å². The second-order valence-corrected chi connectivity index (χ2v) is 5.77. The summed E-state index contributed by atoms with van der Waals surface area (Å²) < 4.78 is 1.25. The first kappa shape index (κ1) is 13.1. The molecule has 0 aliphatic heterocycles. The number of fused-ring (bicyclic) bond motifs is 1. The molecule has 3 nitrogen and oxygen atoms in total. The lowest BCUT2D eigenvalue weighted by Crippen LogP contribution is -2.31. The molecule has 1 amide bonds. The Bertz CT molecular complexity index is 514. The van der Waals surface area contributed by atoms with Crippen molar-refractivity contribution in [3.63, 3.8) is 0 Å². The fourth-order valence-corrected chi connectivity index (χ4v) is 2.95. The zero-order valence-corrected chi connectivity index (χ0v) is 11.5. The molecule has 0 radical (unpaired) electrons. The molecule has 1 aromatic carbocycles. The van der Waals surface area contributed by atoms with E-state index in [4.69, 9.17) is 5.73 Å². The van der Waals surface area contributed by atoms with Gasteiger partial charge < -0.3 is 11.1 Å². The molecule has 2 atom stereocenters.